The SMILES string of the molecule is COc1ccc(N(C)CC2(C#N)CC2)cc1C. The molecule has 1 fully saturated rings. The number of benzene rings is 1. The zero-order valence-corrected chi connectivity index (χ0v) is 10.7. The number of rotatable bonds is 4. The molecule has 0 atom stereocenters. The third kappa shape index (κ3) is 2.36. The van der Waals surface area contributed by atoms with Gasteiger partial charge in [0, 0.05) is 19.3 Å². The molecule has 1 aliphatic rings. The van der Waals surface area contributed by atoms with E-state index in [9.17, 15) is 0 Å². The van der Waals surface area contributed by atoms with Crippen LogP contribution in [0.5, 0.6) is 5.75 Å². The number of hydrogen-bond donors (Lipinski definition) is 0. The van der Waals surface area contributed by atoms with Gasteiger partial charge >= 0.3 is 0 Å². The van der Waals surface area contributed by atoms with Crippen LogP contribution < -0.4 is 9.64 Å². The van der Waals surface area contributed by atoms with Crippen molar-refractivity contribution in [3.63, 3.8) is 0 Å². The van der Waals surface area contributed by atoms with Crippen LogP contribution in [0.15, 0.2) is 18.2 Å². The van der Waals surface area contributed by atoms with E-state index in [2.05, 4.69) is 17.0 Å². The van der Waals surface area contributed by atoms with Crippen molar-refractivity contribution in [3.05, 3.63) is 23.8 Å². The minimum atomic E-state index is -0.0947. The Morgan fingerprint density at radius 2 is 2.18 bits per heavy atom. The van der Waals surface area contributed by atoms with E-state index in [1.54, 1.807) is 7.11 Å². The van der Waals surface area contributed by atoms with Gasteiger partial charge in [-0.3, -0.25) is 0 Å². The molecular weight excluding hydrogens is 212 g/mol. The zero-order valence-electron chi connectivity index (χ0n) is 10.7. The molecule has 0 aromatic heterocycles. The molecule has 0 aliphatic heterocycles. The van der Waals surface area contributed by atoms with E-state index >= 15 is 0 Å². The molecule has 0 unspecified atom stereocenters. The van der Waals surface area contributed by atoms with Crippen LogP contribution in [0.1, 0.15) is 18.4 Å². The number of anilines is 1. The van der Waals surface area contributed by atoms with Crippen LogP contribution in [0.2, 0.25) is 0 Å². The molecule has 1 aromatic carbocycles. The van der Waals surface area contributed by atoms with Crippen LogP contribution in [0, 0.1) is 23.7 Å². The van der Waals surface area contributed by atoms with E-state index in [-0.39, 0.29) is 5.41 Å². The largest absolute Gasteiger partial charge is 0.496 e. The lowest BCUT2D eigenvalue weighted by molar-refractivity contribution is 0.411. The van der Waals surface area contributed by atoms with Gasteiger partial charge < -0.3 is 9.64 Å². The van der Waals surface area contributed by atoms with E-state index in [0.717, 1.165) is 36.4 Å². The average molecular weight is 230 g/mol. The van der Waals surface area contributed by atoms with Crippen molar-refractivity contribution in [1.29, 1.82) is 5.26 Å². The van der Waals surface area contributed by atoms with Crippen LogP contribution >= 0.6 is 0 Å². The maximum atomic E-state index is 9.09. The monoisotopic (exact) mass is 230 g/mol. The summed E-state index contributed by atoms with van der Waals surface area (Å²) in [6.45, 7) is 2.85. The van der Waals surface area contributed by atoms with Gasteiger partial charge in [-0.1, -0.05) is 0 Å². The Bertz CT molecular complexity index is 458. The van der Waals surface area contributed by atoms with Gasteiger partial charge in [-0.25, -0.2) is 0 Å². The van der Waals surface area contributed by atoms with Crippen LogP contribution in [0.3, 0.4) is 0 Å². The van der Waals surface area contributed by atoms with E-state index < -0.39 is 0 Å². The van der Waals surface area contributed by atoms with Crippen LogP contribution in [0.25, 0.3) is 0 Å². The van der Waals surface area contributed by atoms with Crippen LogP contribution in [-0.4, -0.2) is 20.7 Å². The van der Waals surface area contributed by atoms with E-state index in [4.69, 9.17) is 10.00 Å². The molecule has 1 aliphatic carbocycles. The maximum absolute atomic E-state index is 9.09. The Morgan fingerprint density at radius 1 is 1.47 bits per heavy atom. The Morgan fingerprint density at radius 3 is 2.65 bits per heavy atom. The molecule has 0 amide bonds. The van der Waals surface area contributed by atoms with Gasteiger partial charge in [-0.15, -0.1) is 0 Å². The van der Waals surface area contributed by atoms with Crippen molar-refractivity contribution < 1.29 is 4.74 Å². The molecule has 0 saturated heterocycles. The fraction of sp³-hybridized carbons (Fsp3) is 0.500. The first-order chi connectivity index (χ1) is 8.10. The minimum absolute atomic E-state index is 0.0947. The second-order valence-corrected chi connectivity index (χ2v) is 4.90. The molecule has 0 radical (unpaired) electrons. The third-order valence-corrected chi connectivity index (χ3v) is 3.45. The summed E-state index contributed by atoms with van der Waals surface area (Å²) < 4.78 is 5.24. The summed E-state index contributed by atoms with van der Waals surface area (Å²) in [5.74, 6) is 0.906. The number of nitriles is 1. The normalized spacial score (nSPS) is 16.1. The van der Waals surface area contributed by atoms with Gasteiger partial charge in [0.1, 0.15) is 5.75 Å². The van der Waals surface area contributed by atoms with Crippen molar-refractivity contribution in [2.75, 3.05) is 25.6 Å². The summed E-state index contributed by atoms with van der Waals surface area (Å²) in [5.41, 5.74) is 2.17. The molecule has 1 saturated carbocycles. The second kappa shape index (κ2) is 4.29. The Balaban J connectivity index is 2.12. The minimum Gasteiger partial charge on any atom is -0.496 e. The fourth-order valence-corrected chi connectivity index (χ4v) is 2.10. The average Bonchev–Trinajstić information content (AvgIpc) is 3.09. The Kier molecular flexibility index (Phi) is 2.97. The van der Waals surface area contributed by atoms with Crippen molar-refractivity contribution >= 4 is 5.69 Å². The smallest absolute Gasteiger partial charge is 0.121 e. The van der Waals surface area contributed by atoms with Crippen molar-refractivity contribution in [2.24, 2.45) is 5.41 Å². The highest BCUT2D eigenvalue weighted by molar-refractivity contribution is 5.53. The molecule has 0 spiro atoms. The van der Waals surface area contributed by atoms with Gasteiger partial charge in [0.05, 0.1) is 18.6 Å². The van der Waals surface area contributed by atoms with Crippen LogP contribution in [-0.2, 0) is 0 Å². The van der Waals surface area contributed by atoms with Gasteiger partial charge in [0.2, 0.25) is 0 Å². The molecule has 17 heavy (non-hydrogen) atoms. The Labute approximate surface area is 103 Å². The van der Waals surface area contributed by atoms with Gasteiger partial charge in [-0.2, -0.15) is 5.26 Å². The van der Waals surface area contributed by atoms with E-state index in [0.29, 0.717) is 0 Å². The summed E-state index contributed by atoms with van der Waals surface area (Å²) in [4.78, 5) is 2.16. The molecular formula is C14H18N2O. The first-order valence-electron chi connectivity index (χ1n) is 5.87. The highest BCUT2D eigenvalue weighted by Gasteiger charge is 2.44. The Hall–Kier alpha value is -1.69. The molecule has 0 heterocycles. The van der Waals surface area contributed by atoms with E-state index in [1.807, 2.05) is 26.1 Å². The summed E-state index contributed by atoms with van der Waals surface area (Å²) in [7, 11) is 3.72. The fourth-order valence-electron chi connectivity index (χ4n) is 2.10. The summed E-state index contributed by atoms with van der Waals surface area (Å²) in [5, 5.41) is 9.09. The number of methoxy groups -OCH3 is 1. The number of ether oxygens (including phenoxy) is 1. The second-order valence-electron chi connectivity index (χ2n) is 4.90. The predicted octanol–water partition coefficient (Wildman–Crippen LogP) is 2.74. The van der Waals surface area contributed by atoms with Crippen molar-refractivity contribution in [2.45, 2.75) is 19.8 Å². The van der Waals surface area contributed by atoms with Gasteiger partial charge in [0.25, 0.3) is 0 Å². The molecule has 3 heteroatoms. The lowest BCUT2D eigenvalue weighted by Crippen LogP contribution is -2.25. The van der Waals surface area contributed by atoms with E-state index in [1.165, 1.54) is 0 Å². The number of aryl methyl sites for hydroxylation is 1. The van der Waals surface area contributed by atoms with Crippen molar-refractivity contribution in [3.8, 4) is 11.8 Å². The molecule has 1 aromatic rings. The third-order valence-electron chi connectivity index (χ3n) is 3.45. The lowest BCUT2D eigenvalue weighted by atomic mass is 10.1. The summed E-state index contributed by atoms with van der Waals surface area (Å²) in [6, 6.07) is 8.55. The summed E-state index contributed by atoms with van der Waals surface area (Å²) in [6.07, 6.45) is 2.06. The standard InChI is InChI=1S/C14H18N2O/c1-11-8-12(4-5-13(11)17-3)16(2)10-14(9-15)6-7-14/h4-5,8H,6-7,10H2,1-3H3. The summed E-state index contributed by atoms with van der Waals surface area (Å²) >= 11 is 0. The zero-order chi connectivity index (χ0) is 12.5. The molecule has 3 nitrogen and oxygen atoms in total. The number of nitrogens with zero attached hydrogens (tertiary/aromatic N) is 2. The highest BCUT2D eigenvalue weighted by atomic mass is 16.5. The highest BCUT2D eigenvalue weighted by Crippen LogP contribution is 2.45. The van der Waals surface area contributed by atoms with Gasteiger partial charge in [0.15, 0.2) is 0 Å². The lowest BCUT2D eigenvalue weighted by Gasteiger charge is -2.22. The van der Waals surface area contributed by atoms with Gasteiger partial charge in [-0.05, 0) is 43.5 Å². The molecule has 0 bridgehead atoms. The predicted molar refractivity (Wildman–Crippen MR) is 68.3 cm³/mol. The quantitative estimate of drug-likeness (QED) is 0.798. The molecule has 2 rings (SSSR count). The van der Waals surface area contributed by atoms with Crippen molar-refractivity contribution in [1.82, 2.24) is 0 Å². The first kappa shape index (κ1) is 11.8. The first-order valence-corrected chi connectivity index (χ1v) is 5.87. The molecule has 90 valence electrons. The van der Waals surface area contributed by atoms with Crippen LogP contribution in [0.4, 0.5) is 5.69 Å². The number of hydrogen-bond acceptors (Lipinski definition) is 3. The molecule has 0 N–H and O–H groups in total. The maximum Gasteiger partial charge on any atom is 0.121 e. The topological polar surface area (TPSA) is 36.3 Å².